The van der Waals surface area contributed by atoms with E-state index >= 15 is 0 Å². The van der Waals surface area contributed by atoms with Gasteiger partial charge in [0.15, 0.2) is 0 Å². The van der Waals surface area contributed by atoms with Gasteiger partial charge in [0, 0.05) is 12.8 Å². The molecule has 73 heavy (non-hydrogen) atoms. The number of allylic oxidation sites excluding steroid dienone is 5. The fourth-order valence-corrected chi connectivity index (χ4v) is 10.1. The van der Waals surface area contributed by atoms with Crippen LogP contribution in [-0.2, 0) is 14.3 Å². The Morgan fingerprint density at radius 1 is 0.384 bits per heavy atom. The highest BCUT2D eigenvalue weighted by Gasteiger charge is 2.18. The third-order valence-corrected chi connectivity index (χ3v) is 15.2. The van der Waals surface area contributed by atoms with Crippen LogP contribution < -0.4 is 5.32 Å². The Kier molecular flexibility index (Phi) is 61.0. The second-order valence-corrected chi connectivity index (χ2v) is 22.5. The van der Waals surface area contributed by atoms with Crippen molar-refractivity contribution in [1.82, 2.24) is 5.32 Å². The van der Waals surface area contributed by atoms with Gasteiger partial charge >= 0.3 is 5.97 Å². The predicted molar refractivity (Wildman–Crippen MR) is 319 cm³/mol. The lowest BCUT2D eigenvalue weighted by Gasteiger charge is -2.20. The molecule has 430 valence electrons. The number of esters is 1. The quantitative estimate of drug-likeness (QED) is 0.0320. The summed E-state index contributed by atoms with van der Waals surface area (Å²) in [4.78, 5) is 24.5. The van der Waals surface area contributed by atoms with Gasteiger partial charge < -0.3 is 20.3 Å². The number of hydrogen-bond donors (Lipinski definition) is 3. The van der Waals surface area contributed by atoms with Crippen molar-refractivity contribution >= 4 is 11.9 Å². The largest absolute Gasteiger partial charge is 0.466 e. The van der Waals surface area contributed by atoms with Gasteiger partial charge in [-0.05, 0) is 64.2 Å². The second kappa shape index (κ2) is 62.6. The molecule has 0 aliphatic heterocycles. The van der Waals surface area contributed by atoms with Crippen molar-refractivity contribution in [3.8, 4) is 0 Å². The zero-order valence-corrected chi connectivity index (χ0v) is 49.1. The van der Waals surface area contributed by atoms with Gasteiger partial charge in [0.1, 0.15) is 0 Å². The smallest absolute Gasteiger partial charge is 0.305 e. The van der Waals surface area contributed by atoms with E-state index in [1.807, 2.05) is 6.08 Å². The number of nitrogens with one attached hydrogen (secondary N) is 1. The minimum atomic E-state index is -0.844. The van der Waals surface area contributed by atoms with Crippen LogP contribution in [-0.4, -0.2) is 47.4 Å². The molecular weight excluding hydrogens is 899 g/mol. The predicted octanol–water partition coefficient (Wildman–Crippen LogP) is 20.8. The summed E-state index contributed by atoms with van der Waals surface area (Å²) in [7, 11) is 0. The van der Waals surface area contributed by atoms with Gasteiger partial charge in [0.2, 0.25) is 5.91 Å². The summed E-state index contributed by atoms with van der Waals surface area (Å²) >= 11 is 0. The maximum Gasteiger partial charge on any atom is 0.305 e. The van der Waals surface area contributed by atoms with E-state index in [4.69, 9.17) is 4.74 Å². The van der Waals surface area contributed by atoms with Crippen molar-refractivity contribution in [3.63, 3.8) is 0 Å². The van der Waals surface area contributed by atoms with Crippen molar-refractivity contribution < 1.29 is 24.5 Å². The molecule has 0 aromatic rings. The van der Waals surface area contributed by atoms with Crippen LogP contribution in [0.1, 0.15) is 354 Å². The highest BCUT2D eigenvalue weighted by Crippen LogP contribution is 2.17. The Hall–Kier alpha value is -1.92. The first-order chi connectivity index (χ1) is 36.0. The van der Waals surface area contributed by atoms with E-state index in [0.29, 0.717) is 19.4 Å². The molecule has 2 atom stereocenters. The monoisotopic (exact) mass is 1030 g/mol. The minimum Gasteiger partial charge on any atom is -0.466 e. The highest BCUT2D eigenvalue weighted by molar-refractivity contribution is 5.76. The van der Waals surface area contributed by atoms with Gasteiger partial charge in [0.25, 0.3) is 0 Å². The normalized spacial score (nSPS) is 12.8. The molecule has 0 aliphatic rings. The summed E-state index contributed by atoms with van der Waals surface area (Å²) < 4.78 is 5.49. The summed E-state index contributed by atoms with van der Waals surface area (Å²) in [6.07, 6.45) is 79.2. The van der Waals surface area contributed by atoms with E-state index in [-0.39, 0.29) is 18.5 Å². The van der Waals surface area contributed by atoms with Crippen molar-refractivity contribution in [3.05, 3.63) is 36.5 Å². The molecule has 0 aliphatic carbocycles. The number of aliphatic hydroxyl groups is 2. The van der Waals surface area contributed by atoms with Gasteiger partial charge in [0.05, 0.1) is 25.4 Å². The number of rotatable bonds is 61. The molecule has 0 heterocycles. The van der Waals surface area contributed by atoms with Gasteiger partial charge in [-0.1, -0.05) is 314 Å². The van der Waals surface area contributed by atoms with E-state index in [0.717, 1.165) is 44.9 Å². The molecule has 0 saturated heterocycles. The maximum absolute atomic E-state index is 12.4. The number of carbonyl (C=O) groups excluding carboxylic acids is 2. The van der Waals surface area contributed by atoms with Gasteiger partial charge in [-0.3, -0.25) is 9.59 Å². The van der Waals surface area contributed by atoms with Crippen molar-refractivity contribution in [2.75, 3.05) is 13.2 Å². The first-order valence-corrected chi connectivity index (χ1v) is 32.8. The molecule has 3 N–H and O–H groups in total. The molecule has 6 heteroatoms. The van der Waals surface area contributed by atoms with Gasteiger partial charge in [-0.2, -0.15) is 0 Å². The van der Waals surface area contributed by atoms with E-state index in [9.17, 15) is 19.8 Å². The molecule has 0 aromatic carbocycles. The Morgan fingerprint density at radius 3 is 1.04 bits per heavy atom. The Labute approximate surface area is 455 Å². The molecule has 0 spiro atoms. The van der Waals surface area contributed by atoms with Crippen molar-refractivity contribution in [2.45, 2.75) is 366 Å². The lowest BCUT2D eigenvalue weighted by molar-refractivity contribution is -0.143. The number of ether oxygens (including phenoxy) is 1. The van der Waals surface area contributed by atoms with Gasteiger partial charge in [-0.15, -0.1) is 0 Å². The zero-order valence-electron chi connectivity index (χ0n) is 49.1. The SMILES string of the molecule is CCCCCCCCCCCC/C=C/C(O)C(CO)NC(=O)CCCCCCCCCCCCCCC/C=C\C/C=C\CCCCCCCCCCCOC(=O)CCCCCCCCCCCCCCCCC. The number of hydrogen-bond acceptors (Lipinski definition) is 5. The van der Waals surface area contributed by atoms with Crippen LogP contribution in [0.2, 0.25) is 0 Å². The third-order valence-electron chi connectivity index (χ3n) is 15.2. The summed E-state index contributed by atoms with van der Waals surface area (Å²) in [5.74, 6) is -0.0542. The second-order valence-electron chi connectivity index (χ2n) is 22.5. The first kappa shape index (κ1) is 71.1. The maximum atomic E-state index is 12.4. The van der Waals surface area contributed by atoms with Crippen LogP contribution >= 0.6 is 0 Å². The van der Waals surface area contributed by atoms with Crippen LogP contribution in [0.3, 0.4) is 0 Å². The molecule has 0 bridgehead atoms. The fourth-order valence-electron chi connectivity index (χ4n) is 10.1. The van der Waals surface area contributed by atoms with Crippen molar-refractivity contribution in [2.24, 2.45) is 0 Å². The van der Waals surface area contributed by atoms with Crippen LogP contribution in [0.5, 0.6) is 0 Å². The number of carbonyl (C=O) groups is 2. The average Bonchev–Trinajstić information content (AvgIpc) is 3.39. The molecule has 0 rings (SSSR count). The number of unbranched alkanes of at least 4 members (excludes halogenated alkanes) is 46. The summed E-state index contributed by atoms with van der Waals surface area (Å²) in [5, 5.41) is 23.1. The Balaban J connectivity index is 3.40. The average molecular weight is 1030 g/mol. The van der Waals surface area contributed by atoms with Crippen LogP contribution in [0.15, 0.2) is 36.5 Å². The van der Waals surface area contributed by atoms with Crippen LogP contribution in [0, 0.1) is 0 Å². The molecule has 0 radical (unpaired) electrons. The molecule has 0 fully saturated rings. The van der Waals surface area contributed by atoms with Crippen LogP contribution in [0.25, 0.3) is 0 Å². The molecule has 0 aromatic heterocycles. The summed E-state index contributed by atoms with van der Waals surface area (Å²) in [6, 6.07) is -0.628. The van der Waals surface area contributed by atoms with E-state index in [2.05, 4.69) is 43.5 Å². The number of amides is 1. The lowest BCUT2D eigenvalue weighted by Crippen LogP contribution is -2.45. The van der Waals surface area contributed by atoms with Crippen LogP contribution in [0.4, 0.5) is 0 Å². The van der Waals surface area contributed by atoms with E-state index < -0.39 is 12.1 Å². The summed E-state index contributed by atoms with van der Waals surface area (Å²) in [5.41, 5.74) is 0. The van der Waals surface area contributed by atoms with E-state index in [1.165, 1.54) is 283 Å². The number of aliphatic hydroxyl groups excluding tert-OH is 2. The Bertz CT molecular complexity index is 1180. The first-order valence-electron chi connectivity index (χ1n) is 32.8. The molecular formula is C67H127NO5. The van der Waals surface area contributed by atoms with E-state index in [1.54, 1.807) is 6.08 Å². The third kappa shape index (κ3) is 59.2. The molecule has 2 unspecified atom stereocenters. The Morgan fingerprint density at radius 2 is 0.685 bits per heavy atom. The molecule has 6 nitrogen and oxygen atoms in total. The molecule has 0 saturated carbocycles. The highest BCUT2D eigenvalue weighted by atomic mass is 16.5. The standard InChI is InChI=1S/C67H127NO5/c1-3-5-7-9-11-13-15-17-33-37-41-45-49-53-57-61-67(72)73-62-58-54-50-46-42-38-35-32-30-28-26-24-22-20-18-19-21-23-25-27-29-31-34-36-40-44-48-52-56-60-66(71)68-64(63-69)65(70)59-55-51-47-43-39-16-14-12-10-8-6-4-2/h18,20,24,26,55,59,64-65,69-70H,3-17,19,21-23,25,27-54,56-58,60-63H2,1-2H3,(H,68,71)/b20-18-,26-24-,59-55+. The van der Waals surface area contributed by atoms with Gasteiger partial charge in [-0.25, -0.2) is 0 Å². The lowest BCUT2D eigenvalue weighted by atomic mass is 10.0. The minimum absolute atomic E-state index is 0.0147. The van der Waals surface area contributed by atoms with Crippen molar-refractivity contribution in [1.29, 1.82) is 0 Å². The topological polar surface area (TPSA) is 95.9 Å². The molecule has 1 amide bonds. The summed E-state index contributed by atoms with van der Waals surface area (Å²) in [6.45, 7) is 4.91. The fraction of sp³-hybridized carbons (Fsp3) is 0.881. The zero-order chi connectivity index (χ0) is 52.9.